The highest BCUT2D eigenvalue weighted by Crippen LogP contribution is 2.25. The van der Waals surface area contributed by atoms with Gasteiger partial charge in [-0.3, -0.25) is 0 Å². The first-order valence-electron chi connectivity index (χ1n) is 9.44. The number of ether oxygens (including phenoxy) is 1. The third-order valence-electron chi connectivity index (χ3n) is 4.65. The maximum absolute atomic E-state index is 6.14. The normalized spacial score (nSPS) is 11.1. The Morgan fingerprint density at radius 3 is 2.69 bits per heavy atom. The van der Waals surface area contributed by atoms with Gasteiger partial charge in [-0.25, -0.2) is 9.61 Å². The van der Waals surface area contributed by atoms with Crippen LogP contribution in [0.15, 0.2) is 59.2 Å². The second kappa shape index (κ2) is 9.03. The molecule has 0 bridgehead atoms. The van der Waals surface area contributed by atoms with Gasteiger partial charge in [0.25, 0.3) is 0 Å². The molecule has 29 heavy (non-hydrogen) atoms. The van der Waals surface area contributed by atoms with Crippen molar-refractivity contribution >= 4 is 22.5 Å². The summed E-state index contributed by atoms with van der Waals surface area (Å²) in [7, 11) is 0. The van der Waals surface area contributed by atoms with Crippen molar-refractivity contribution in [3.63, 3.8) is 0 Å². The Morgan fingerprint density at radius 2 is 1.90 bits per heavy atom. The van der Waals surface area contributed by atoms with Gasteiger partial charge in [0.2, 0.25) is 5.88 Å². The van der Waals surface area contributed by atoms with Gasteiger partial charge in [0.15, 0.2) is 0 Å². The van der Waals surface area contributed by atoms with E-state index in [1.54, 1.807) is 0 Å². The first-order chi connectivity index (χ1) is 14.2. The Balaban J connectivity index is 1.50. The van der Waals surface area contributed by atoms with Crippen molar-refractivity contribution in [3.05, 3.63) is 82.1 Å². The summed E-state index contributed by atoms with van der Waals surface area (Å²) < 4.78 is 10.8. The van der Waals surface area contributed by atoms with E-state index in [2.05, 4.69) is 33.8 Å². The minimum Gasteiger partial charge on any atom is -0.477 e. The molecule has 0 radical (unpaired) electrons. The van der Waals surface area contributed by atoms with Gasteiger partial charge in [-0.15, -0.1) is 0 Å². The summed E-state index contributed by atoms with van der Waals surface area (Å²) in [5.41, 5.74) is 4.58. The van der Waals surface area contributed by atoms with Gasteiger partial charge in [-0.2, -0.15) is 0 Å². The monoisotopic (exact) mass is 408 g/mol. The lowest BCUT2D eigenvalue weighted by Gasteiger charge is -2.13. The van der Waals surface area contributed by atoms with Gasteiger partial charge >= 0.3 is 0 Å². The molecule has 2 heterocycles. The predicted molar refractivity (Wildman–Crippen MR) is 112 cm³/mol. The Morgan fingerprint density at radius 1 is 1.03 bits per heavy atom. The van der Waals surface area contributed by atoms with Crippen LogP contribution in [0.5, 0.6) is 5.88 Å². The van der Waals surface area contributed by atoms with Crippen LogP contribution in [0.3, 0.4) is 0 Å². The Labute approximate surface area is 173 Å². The van der Waals surface area contributed by atoms with E-state index >= 15 is 0 Å². The molecule has 4 aromatic rings. The predicted octanol–water partition coefficient (Wildman–Crippen LogP) is 4.49. The molecule has 2 aromatic carbocycles. The molecule has 0 fully saturated rings. The Bertz CT molecular complexity index is 1100. The van der Waals surface area contributed by atoms with E-state index < -0.39 is 0 Å². The maximum Gasteiger partial charge on any atom is 0.218 e. The second-order valence-corrected chi connectivity index (χ2v) is 7.21. The minimum absolute atomic E-state index is 0.544. The molecule has 0 unspecified atom stereocenters. The fourth-order valence-corrected chi connectivity index (χ4v) is 3.22. The third kappa shape index (κ3) is 4.91. The lowest BCUT2D eigenvalue weighted by molar-refractivity contribution is 0.299. The van der Waals surface area contributed by atoms with Gasteiger partial charge in [0.05, 0.1) is 12.1 Å². The van der Waals surface area contributed by atoms with Crippen LogP contribution in [0.2, 0.25) is 5.02 Å². The number of halogens is 1. The first kappa shape index (κ1) is 19.4. The molecule has 0 saturated heterocycles. The molecule has 2 aromatic heterocycles. The summed E-state index contributed by atoms with van der Waals surface area (Å²) in [6.45, 7) is 3.55. The van der Waals surface area contributed by atoms with Gasteiger partial charge in [-0.1, -0.05) is 58.3 Å². The van der Waals surface area contributed by atoms with Crippen molar-refractivity contribution in [1.82, 2.24) is 20.6 Å². The number of hydrogen-bond donors (Lipinski definition) is 1. The van der Waals surface area contributed by atoms with E-state index in [1.807, 2.05) is 43.3 Å². The van der Waals surface area contributed by atoms with Crippen molar-refractivity contribution in [1.29, 1.82) is 0 Å². The summed E-state index contributed by atoms with van der Waals surface area (Å²) in [6.07, 6.45) is 0.812. The number of aryl methyl sites for hydroxylation is 1. The van der Waals surface area contributed by atoms with E-state index in [9.17, 15) is 0 Å². The quantitative estimate of drug-likeness (QED) is 0.463. The minimum atomic E-state index is 0.544. The third-order valence-corrected chi connectivity index (χ3v) is 4.88. The molecule has 0 saturated carbocycles. The van der Waals surface area contributed by atoms with Crippen LogP contribution in [-0.4, -0.2) is 21.9 Å². The zero-order chi connectivity index (χ0) is 20.1. The SMILES string of the molecule is Cc1nonc1CNCc1cc2ccc(Cl)cc2nc1OCCc1ccccc1. The number of rotatable bonds is 8. The molecule has 148 valence electrons. The number of aromatic nitrogens is 3. The molecule has 0 atom stereocenters. The topological polar surface area (TPSA) is 73.1 Å². The van der Waals surface area contributed by atoms with E-state index in [4.69, 9.17) is 26.0 Å². The van der Waals surface area contributed by atoms with Crippen molar-refractivity contribution in [2.75, 3.05) is 6.61 Å². The first-order valence-corrected chi connectivity index (χ1v) is 9.81. The summed E-state index contributed by atoms with van der Waals surface area (Å²) in [4.78, 5) is 4.71. The number of nitrogens with zero attached hydrogens (tertiary/aromatic N) is 3. The van der Waals surface area contributed by atoms with Crippen molar-refractivity contribution in [2.45, 2.75) is 26.4 Å². The van der Waals surface area contributed by atoms with E-state index in [0.717, 1.165) is 34.3 Å². The molecule has 0 amide bonds. The highest BCUT2D eigenvalue weighted by molar-refractivity contribution is 6.31. The average molecular weight is 409 g/mol. The van der Waals surface area contributed by atoms with Crippen LogP contribution in [-0.2, 0) is 19.5 Å². The number of pyridine rings is 1. The maximum atomic E-state index is 6.14. The fraction of sp³-hybridized carbons (Fsp3) is 0.227. The lowest BCUT2D eigenvalue weighted by atomic mass is 10.1. The number of fused-ring (bicyclic) bond motifs is 1. The molecule has 6 nitrogen and oxygen atoms in total. The average Bonchev–Trinajstić information content (AvgIpc) is 3.14. The number of hydrogen-bond acceptors (Lipinski definition) is 6. The molecule has 0 aliphatic heterocycles. The van der Waals surface area contributed by atoms with Gasteiger partial charge in [-0.05, 0) is 30.7 Å². The van der Waals surface area contributed by atoms with Crippen molar-refractivity contribution in [2.24, 2.45) is 0 Å². The van der Waals surface area contributed by atoms with Gasteiger partial charge in [0.1, 0.15) is 11.4 Å². The van der Waals surface area contributed by atoms with Crippen LogP contribution in [0, 0.1) is 6.92 Å². The summed E-state index contributed by atoms with van der Waals surface area (Å²) in [5.74, 6) is 0.609. The molecular weight excluding hydrogens is 388 g/mol. The molecule has 7 heteroatoms. The fourth-order valence-electron chi connectivity index (χ4n) is 3.05. The van der Waals surface area contributed by atoms with E-state index in [-0.39, 0.29) is 0 Å². The smallest absolute Gasteiger partial charge is 0.218 e. The van der Waals surface area contributed by atoms with Crippen LogP contribution in [0.4, 0.5) is 0 Å². The van der Waals surface area contributed by atoms with Crippen LogP contribution in [0.25, 0.3) is 10.9 Å². The largest absolute Gasteiger partial charge is 0.477 e. The molecular formula is C22H21ClN4O2. The molecule has 0 spiro atoms. The zero-order valence-corrected chi connectivity index (χ0v) is 16.8. The molecule has 0 aliphatic rings. The summed E-state index contributed by atoms with van der Waals surface area (Å²) in [5, 5.41) is 12.7. The van der Waals surface area contributed by atoms with Gasteiger partial charge in [0, 0.05) is 35.5 Å². The van der Waals surface area contributed by atoms with E-state index in [1.165, 1.54) is 5.56 Å². The molecule has 1 N–H and O–H groups in total. The Hall–Kier alpha value is -2.96. The highest BCUT2D eigenvalue weighted by atomic mass is 35.5. The highest BCUT2D eigenvalue weighted by Gasteiger charge is 2.11. The van der Waals surface area contributed by atoms with E-state index in [0.29, 0.717) is 30.6 Å². The zero-order valence-electron chi connectivity index (χ0n) is 16.1. The summed E-state index contributed by atoms with van der Waals surface area (Å²) >= 11 is 6.14. The van der Waals surface area contributed by atoms with Gasteiger partial charge < -0.3 is 10.1 Å². The molecule has 0 aliphatic carbocycles. The number of nitrogens with one attached hydrogen (secondary N) is 1. The number of benzene rings is 2. The van der Waals surface area contributed by atoms with Crippen molar-refractivity contribution in [3.8, 4) is 5.88 Å². The van der Waals surface area contributed by atoms with Crippen LogP contribution < -0.4 is 10.1 Å². The Kier molecular flexibility index (Phi) is 6.03. The second-order valence-electron chi connectivity index (χ2n) is 6.77. The lowest BCUT2D eigenvalue weighted by Crippen LogP contribution is -2.15. The molecule has 4 rings (SSSR count). The van der Waals surface area contributed by atoms with Crippen LogP contribution >= 0.6 is 11.6 Å². The van der Waals surface area contributed by atoms with Crippen molar-refractivity contribution < 1.29 is 9.37 Å². The standard InChI is InChI=1S/C22H21ClN4O2/c1-15-21(27-29-26-15)14-24-13-18-11-17-7-8-19(23)12-20(17)25-22(18)28-10-9-16-5-3-2-4-6-16/h2-8,11-12,24H,9-10,13-14H2,1H3. The van der Waals surface area contributed by atoms with Crippen LogP contribution in [0.1, 0.15) is 22.5 Å². The summed E-state index contributed by atoms with van der Waals surface area (Å²) in [6, 6.07) is 18.0.